The smallest absolute Gasteiger partial charge is 0.341 e. The number of carboxylic acids is 1. The third kappa shape index (κ3) is 3.54. The second-order valence-electron chi connectivity index (χ2n) is 7.58. The van der Waals surface area contributed by atoms with Gasteiger partial charge in [-0.3, -0.25) is 4.79 Å². The number of aryl methyl sites for hydroxylation is 2. The van der Waals surface area contributed by atoms with Gasteiger partial charge in [-0.25, -0.2) is 9.31 Å². The lowest BCUT2D eigenvalue weighted by atomic mass is 9.90. The van der Waals surface area contributed by atoms with E-state index in [1.807, 2.05) is 19.9 Å². The molecule has 0 radical (unpaired) electrons. The van der Waals surface area contributed by atoms with Crippen LogP contribution in [0.4, 0.5) is 0 Å². The number of carbonyl (C=O) groups excluding carboxylic acids is 1. The first kappa shape index (κ1) is 19.7. The third-order valence-electron chi connectivity index (χ3n) is 5.31. The average Bonchev–Trinajstić information content (AvgIpc) is 3.01. The van der Waals surface area contributed by atoms with Crippen molar-refractivity contribution in [1.29, 1.82) is 0 Å². The Labute approximate surface area is 173 Å². The van der Waals surface area contributed by atoms with Crippen LogP contribution in [0, 0.1) is 13.8 Å². The molecule has 1 amide bonds. The number of nitrogens with two attached hydrogens (primary N) is 1. The maximum Gasteiger partial charge on any atom is 0.341 e. The van der Waals surface area contributed by atoms with Gasteiger partial charge in [0.25, 0.3) is 0 Å². The summed E-state index contributed by atoms with van der Waals surface area (Å²) in [5.74, 6) is -1.21. The Balaban J connectivity index is 1.97. The van der Waals surface area contributed by atoms with Crippen LogP contribution in [-0.4, -0.2) is 33.2 Å². The number of ether oxygens (including phenoxy) is 1. The van der Waals surface area contributed by atoms with Gasteiger partial charge >= 0.3 is 5.97 Å². The SMILES string of the molecule is Cc1ccc(Cc2c3c(c4c(OCC(=O)O)cc(C)nn24)C(C(N)=O)=CCC3)cc1. The Morgan fingerprint density at radius 3 is 2.63 bits per heavy atom. The zero-order valence-electron chi connectivity index (χ0n) is 16.9. The van der Waals surface area contributed by atoms with E-state index in [4.69, 9.17) is 15.6 Å². The van der Waals surface area contributed by atoms with Crippen LogP contribution in [0.3, 0.4) is 0 Å². The molecule has 30 heavy (non-hydrogen) atoms. The normalized spacial score (nSPS) is 13.1. The standard InChI is InChI=1S/C23H23N3O4/c1-13-6-8-15(9-7-13)11-18-16-4-3-5-17(23(24)29)21(16)22-19(30-12-20(27)28)10-14(2)25-26(18)22/h5-10H,3-4,11-12H2,1-2H3,(H2,24,29)(H,27,28). The number of rotatable bonds is 6. The van der Waals surface area contributed by atoms with Crippen LogP contribution >= 0.6 is 0 Å². The number of benzene rings is 1. The number of amides is 1. The summed E-state index contributed by atoms with van der Waals surface area (Å²) in [5, 5.41) is 13.8. The molecule has 0 fully saturated rings. The maximum atomic E-state index is 12.2. The molecule has 0 saturated heterocycles. The summed E-state index contributed by atoms with van der Waals surface area (Å²) in [7, 11) is 0. The number of nitrogens with zero attached hydrogens (tertiary/aromatic N) is 2. The van der Waals surface area contributed by atoms with Gasteiger partial charge in [-0.15, -0.1) is 0 Å². The number of allylic oxidation sites excluding steroid dienone is 1. The molecule has 0 unspecified atom stereocenters. The predicted molar refractivity (Wildman–Crippen MR) is 113 cm³/mol. The highest BCUT2D eigenvalue weighted by Gasteiger charge is 2.29. The van der Waals surface area contributed by atoms with Gasteiger partial charge in [0.2, 0.25) is 5.91 Å². The van der Waals surface area contributed by atoms with E-state index >= 15 is 0 Å². The molecule has 1 aliphatic rings. The lowest BCUT2D eigenvalue weighted by Gasteiger charge is -2.14. The van der Waals surface area contributed by atoms with Crippen molar-refractivity contribution in [3.8, 4) is 5.75 Å². The molecule has 3 aromatic rings. The third-order valence-corrected chi connectivity index (χ3v) is 5.31. The van der Waals surface area contributed by atoms with Gasteiger partial charge in [0, 0.05) is 23.6 Å². The van der Waals surface area contributed by atoms with E-state index in [1.54, 1.807) is 10.6 Å². The summed E-state index contributed by atoms with van der Waals surface area (Å²) in [6.45, 7) is 3.38. The van der Waals surface area contributed by atoms with Gasteiger partial charge in [0.15, 0.2) is 6.61 Å². The molecule has 0 saturated carbocycles. The molecule has 154 valence electrons. The number of aromatic nitrogens is 2. The van der Waals surface area contributed by atoms with Crippen molar-refractivity contribution < 1.29 is 19.4 Å². The quantitative estimate of drug-likeness (QED) is 0.656. The number of hydrogen-bond donors (Lipinski definition) is 2. The van der Waals surface area contributed by atoms with Crippen LogP contribution in [0.2, 0.25) is 0 Å². The fourth-order valence-corrected chi connectivity index (χ4v) is 4.02. The highest BCUT2D eigenvalue weighted by molar-refractivity contribution is 6.22. The highest BCUT2D eigenvalue weighted by Crippen LogP contribution is 2.39. The molecule has 7 heteroatoms. The monoisotopic (exact) mass is 405 g/mol. The summed E-state index contributed by atoms with van der Waals surface area (Å²) in [6, 6.07) is 9.97. The van der Waals surface area contributed by atoms with Crippen LogP contribution in [0.25, 0.3) is 11.1 Å². The number of fused-ring (bicyclic) bond motifs is 3. The molecule has 1 aromatic carbocycles. The first-order valence-corrected chi connectivity index (χ1v) is 9.79. The molecule has 0 spiro atoms. The molecule has 0 aliphatic heterocycles. The first-order valence-electron chi connectivity index (χ1n) is 9.79. The van der Waals surface area contributed by atoms with Gasteiger partial charge in [0.05, 0.1) is 11.4 Å². The Bertz CT molecular complexity index is 1190. The first-order chi connectivity index (χ1) is 14.3. The Morgan fingerprint density at radius 2 is 1.97 bits per heavy atom. The van der Waals surface area contributed by atoms with Crippen molar-refractivity contribution in [3.05, 3.63) is 70.0 Å². The molecule has 0 atom stereocenters. The lowest BCUT2D eigenvalue weighted by Crippen LogP contribution is -2.16. The second kappa shape index (κ2) is 7.67. The summed E-state index contributed by atoms with van der Waals surface area (Å²) >= 11 is 0. The molecular weight excluding hydrogens is 382 g/mol. The molecule has 7 nitrogen and oxygen atoms in total. The van der Waals surface area contributed by atoms with Crippen molar-refractivity contribution in [2.24, 2.45) is 5.73 Å². The van der Waals surface area contributed by atoms with Crippen molar-refractivity contribution in [3.63, 3.8) is 0 Å². The zero-order valence-corrected chi connectivity index (χ0v) is 16.9. The van der Waals surface area contributed by atoms with Crippen molar-refractivity contribution >= 4 is 23.0 Å². The predicted octanol–water partition coefficient (Wildman–Crippen LogP) is 2.82. The fraction of sp³-hybridized carbons (Fsp3) is 0.261. The Morgan fingerprint density at radius 1 is 1.23 bits per heavy atom. The molecule has 1 aliphatic carbocycles. The largest absolute Gasteiger partial charge is 0.480 e. The van der Waals surface area contributed by atoms with Crippen LogP contribution in [0.15, 0.2) is 36.4 Å². The fourth-order valence-electron chi connectivity index (χ4n) is 4.02. The van der Waals surface area contributed by atoms with Crippen LogP contribution in [0.5, 0.6) is 5.75 Å². The molecule has 0 bridgehead atoms. The van der Waals surface area contributed by atoms with Crippen LogP contribution in [0.1, 0.15) is 40.1 Å². The molecule has 2 heterocycles. The van der Waals surface area contributed by atoms with Gasteiger partial charge < -0.3 is 15.6 Å². The van der Waals surface area contributed by atoms with E-state index < -0.39 is 18.5 Å². The molecule has 3 N–H and O–H groups in total. The van der Waals surface area contributed by atoms with Gasteiger partial charge in [0.1, 0.15) is 11.3 Å². The molecule has 2 aromatic heterocycles. The second-order valence-corrected chi connectivity index (χ2v) is 7.58. The van der Waals surface area contributed by atoms with E-state index in [9.17, 15) is 9.59 Å². The minimum Gasteiger partial charge on any atom is -0.480 e. The summed E-state index contributed by atoms with van der Waals surface area (Å²) in [5.41, 5.74) is 12.3. The number of carboxylic acid groups (broad SMARTS) is 1. The number of hydrogen-bond acceptors (Lipinski definition) is 4. The topological polar surface area (TPSA) is 107 Å². The minimum absolute atomic E-state index is 0.380. The summed E-state index contributed by atoms with van der Waals surface area (Å²) < 4.78 is 7.39. The number of carbonyl (C=O) groups is 2. The van der Waals surface area contributed by atoms with E-state index in [2.05, 4.69) is 29.4 Å². The van der Waals surface area contributed by atoms with E-state index in [0.717, 1.165) is 23.2 Å². The maximum absolute atomic E-state index is 12.2. The van der Waals surface area contributed by atoms with E-state index in [1.165, 1.54) is 5.56 Å². The van der Waals surface area contributed by atoms with Crippen LogP contribution in [-0.2, 0) is 22.4 Å². The average molecular weight is 405 g/mol. The van der Waals surface area contributed by atoms with Gasteiger partial charge in [-0.1, -0.05) is 35.9 Å². The van der Waals surface area contributed by atoms with E-state index in [-0.39, 0.29) is 0 Å². The lowest BCUT2D eigenvalue weighted by molar-refractivity contribution is -0.139. The number of primary amides is 1. The minimum atomic E-state index is -1.08. The Hall–Kier alpha value is -3.61. The molecular formula is C23H23N3O4. The van der Waals surface area contributed by atoms with E-state index in [0.29, 0.717) is 40.9 Å². The van der Waals surface area contributed by atoms with Crippen molar-refractivity contribution in [2.75, 3.05) is 6.61 Å². The van der Waals surface area contributed by atoms with Gasteiger partial charge in [-0.05, 0) is 37.8 Å². The van der Waals surface area contributed by atoms with Gasteiger partial charge in [-0.2, -0.15) is 5.10 Å². The summed E-state index contributed by atoms with van der Waals surface area (Å²) in [4.78, 5) is 23.3. The Kier molecular flexibility index (Phi) is 5.03. The van der Waals surface area contributed by atoms with Crippen molar-refractivity contribution in [2.45, 2.75) is 33.1 Å². The summed E-state index contributed by atoms with van der Waals surface area (Å²) in [6.07, 6.45) is 3.90. The molecule has 4 rings (SSSR count). The zero-order chi connectivity index (χ0) is 21.4. The highest BCUT2D eigenvalue weighted by atomic mass is 16.5. The van der Waals surface area contributed by atoms with Crippen molar-refractivity contribution in [1.82, 2.24) is 9.61 Å². The van der Waals surface area contributed by atoms with Crippen LogP contribution < -0.4 is 10.5 Å². The number of aliphatic carboxylic acids is 1.